The second-order valence-corrected chi connectivity index (χ2v) is 5.12. The van der Waals surface area contributed by atoms with Gasteiger partial charge in [0.2, 0.25) is 11.8 Å². The lowest BCUT2D eigenvalue weighted by atomic mass is 9.98. The fraction of sp³-hybridized carbons (Fsp3) is 0.235. The standard InChI is InChI=1S/C17H16N2O2/c20-16-12-15(13-6-2-1-3-7-13)17(21)19(16)11-9-14-8-4-5-10-18-14/h1-8,10,15H,9,11-12H2. The molecule has 0 saturated carbocycles. The number of likely N-dealkylation sites (tertiary alicyclic amines) is 1. The zero-order valence-electron chi connectivity index (χ0n) is 11.6. The van der Waals surface area contributed by atoms with E-state index in [0.29, 0.717) is 13.0 Å². The number of pyridine rings is 1. The molecule has 1 aliphatic heterocycles. The lowest BCUT2D eigenvalue weighted by Crippen LogP contribution is -2.32. The molecule has 1 fully saturated rings. The maximum atomic E-state index is 12.4. The van der Waals surface area contributed by atoms with Gasteiger partial charge in [-0.1, -0.05) is 36.4 Å². The van der Waals surface area contributed by atoms with Crippen molar-refractivity contribution in [2.75, 3.05) is 6.54 Å². The Hall–Kier alpha value is -2.49. The van der Waals surface area contributed by atoms with Crippen LogP contribution in [0.4, 0.5) is 0 Å². The van der Waals surface area contributed by atoms with Gasteiger partial charge in [-0.05, 0) is 17.7 Å². The van der Waals surface area contributed by atoms with Gasteiger partial charge >= 0.3 is 0 Å². The van der Waals surface area contributed by atoms with E-state index in [1.807, 2.05) is 48.5 Å². The number of nitrogens with zero attached hydrogens (tertiary/aromatic N) is 2. The second kappa shape index (κ2) is 5.87. The van der Waals surface area contributed by atoms with Crippen molar-refractivity contribution in [1.82, 2.24) is 9.88 Å². The summed E-state index contributed by atoms with van der Waals surface area (Å²) < 4.78 is 0. The highest BCUT2D eigenvalue weighted by atomic mass is 16.2. The molecule has 1 saturated heterocycles. The van der Waals surface area contributed by atoms with Gasteiger partial charge in [0.1, 0.15) is 0 Å². The Kier molecular flexibility index (Phi) is 3.77. The van der Waals surface area contributed by atoms with Crippen molar-refractivity contribution in [3.8, 4) is 0 Å². The largest absolute Gasteiger partial charge is 0.282 e. The Balaban J connectivity index is 1.70. The van der Waals surface area contributed by atoms with Crippen molar-refractivity contribution >= 4 is 11.8 Å². The number of carbonyl (C=O) groups excluding carboxylic acids is 2. The van der Waals surface area contributed by atoms with Crippen LogP contribution >= 0.6 is 0 Å². The van der Waals surface area contributed by atoms with E-state index in [4.69, 9.17) is 0 Å². The molecular weight excluding hydrogens is 264 g/mol. The van der Waals surface area contributed by atoms with E-state index in [1.165, 1.54) is 4.90 Å². The minimum absolute atomic E-state index is 0.0928. The molecule has 1 unspecified atom stereocenters. The smallest absolute Gasteiger partial charge is 0.237 e. The van der Waals surface area contributed by atoms with Crippen LogP contribution in [0.5, 0.6) is 0 Å². The number of hydrogen-bond donors (Lipinski definition) is 0. The van der Waals surface area contributed by atoms with Crippen LogP contribution < -0.4 is 0 Å². The average Bonchev–Trinajstić information content (AvgIpc) is 2.82. The second-order valence-electron chi connectivity index (χ2n) is 5.12. The molecule has 1 aromatic carbocycles. The van der Waals surface area contributed by atoms with Gasteiger partial charge in [0, 0.05) is 31.3 Å². The molecule has 0 spiro atoms. The molecule has 3 rings (SSSR count). The summed E-state index contributed by atoms with van der Waals surface area (Å²) >= 11 is 0. The Bertz CT molecular complexity index is 640. The summed E-state index contributed by atoms with van der Waals surface area (Å²) in [6.07, 6.45) is 2.58. The van der Waals surface area contributed by atoms with Crippen molar-refractivity contribution in [1.29, 1.82) is 0 Å². The summed E-state index contributed by atoms with van der Waals surface area (Å²) in [6.45, 7) is 0.401. The van der Waals surface area contributed by atoms with Gasteiger partial charge in [-0.2, -0.15) is 0 Å². The van der Waals surface area contributed by atoms with E-state index in [1.54, 1.807) is 6.20 Å². The molecule has 2 amide bonds. The molecule has 1 aromatic heterocycles. The van der Waals surface area contributed by atoms with Crippen molar-refractivity contribution in [2.24, 2.45) is 0 Å². The third-order valence-corrected chi connectivity index (χ3v) is 3.76. The van der Waals surface area contributed by atoms with Gasteiger partial charge in [-0.25, -0.2) is 0 Å². The highest BCUT2D eigenvalue weighted by Crippen LogP contribution is 2.29. The van der Waals surface area contributed by atoms with Gasteiger partial charge in [0.15, 0.2) is 0 Å². The van der Waals surface area contributed by atoms with Crippen molar-refractivity contribution in [2.45, 2.75) is 18.8 Å². The van der Waals surface area contributed by atoms with Gasteiger partial charge in [0.05, 0.1) is 5.92 Å². The maximum absolute atomic E-state index is 12.4. The van der Waals surface area contributed by atoms with E-state index in [0.717, 1.165) is 11.3 Å². The number of imide groups is 1. The van der Waals surface area contributed by atoms with Gasteiger partial charge < -0.3 is 0 Å². The Morgan fingerprint density at radius 3 is 2.52 bits per heavy atom. The van der Waals surface area contributed by atoms with Gasteiger partial charge in [-0.15, -0.1) is 0 Å². The molecule has 0 radical (unpaired) electrons. The number of hydrogen-bond acceptors (Lipinski definition) is 3. The normalized spacial score (nSPS) is 18.3. The Morgan fingerprint density at radius 2 is 1.81 bits per heavy atom. The monoisotopic (exact) mass is 280 g/mol. The number of carbonyl (C=O) groups is 2. The molecule has 21 heavy (non-hydrogen) atoms. The zero-order chi connectivity index (χ0) is 14.7. The lowest BCUT2D eigenvalue weighted by Gasteiger charge is -2.14. The first-order valence-electron chi connectivity index (χ1n) is 7.05. The minimum atomic E-state index is -0.331. The highest BCUT2D eigenvalue weighted by molar-refractivity contribution is 6.06. The van der Waals surface area contributed by atoms with E-state index in [9.17, 15) is 9.59 Å². The number of rotatable bonds is 4. The lowest BCUT2D eigenvalue weighted by molar-refractivity contribution is -0.138. The molecule has 1 atom stereocenters. The first kappa shape index (κ1) is 13.5. The Labute approximate surface area is 123 Å². The van der Waals surface area contributed by atoms with Gasteiger partial charge in [-0.3, -0.25) is 19.5 Å². The number of amides is 2. The van der Waals surface area contributed by atoms with Crippen LogP contribution in [0.1, 0.15) is 23.6 Å². The van der Waals surface area contributed by atoms with Crippen molar-refractivity contribution in [3.63, 3.8) is 0 Å². The molecule has 106 valence electrons. The molecule has 2 aromatic rings. The fourth-order valence-electron chi connectivity index (χ4n) is 2.64. The molecule has 0 bridgehead atoms. The van der Waals surface area contributed by atoms with Crippen LogP contribution in [-0.4, -0.2) is 28.2 Å². The van der Waals surface area contributed by atoms with E-state index in [-0.39, 0.29) is 24.2 Å². The summed E-state index contributed by atoms with van der Waals surface area (Å²) in [4.78, 5) is 30.1. The predicted molar refractivity (Wildman–Crippen MR) is 78.5 cm³/mol. The molecule has 1 aliphatic rings. The molecule has 4 heteroatoms. The minimum Gasteiger partial charge on any atom is -0.282 e. The summed E-state index contributed by atoms with van der Waals surface area (Å²) in [5, 5.41) is 0. The van der Waals surface area contributed by atoms with Crippen LogP contribution in [0.3, 0.4) is 0 Å². The van der Waals surface area contributed by atoms with Crippen LogP contribution in [-0.2, 0) is 16.0 Å². The zero-order valence-corrected chi connectivity index (χ0v) is 11.6. The summed E-state index contributed by atoms with van der Waals surface area (Å²) in [7, 11) is 0. The molecule has 4 nitrogen and oxygen atoms in total. The topological polar surface area (TPSA) is 50.3 Å². The first-order valence-corrected chi connectivity index (χ1v) is 7.05. The van der Waals surface area contributed by atoms with Crippen LogP contribution in [0.2, 0.25) is 0 Å². The first-order chi connectivity index (χ1) is 10.3. The Morgan fingerprint density at radius 1 is 1.05 bits per heavy atom. The van der Waals surface area contributed by atoms with Crippen LogP contribution in [0, 0.1) is 0 Å². The summed E-state index contributed by atoms with van der Waals surface area (Å²) in [5.41, 5.74) is 1.80. The van der Waals surface area contributed by atoms with E-state index < -0.39 is 0 Å². The average molecular weight is 280 g/mol. The summed E-state index contributed by atoms with van der Waals surface area (Å²) in [6, 6.07) is 15.1. The SMILES string of the molecule is O=C1CC(c2ccccc2)C(=O)N1CCc1ccccn1. The fourth-order valence-corrected chi connectivity index (χ4v) is 2.64. The molecule has 0 aliphatic carbocycles. The third kappa shape index (κ3) is 2.84. The quantitative estimate of drug-likeness (QED) is 0.806. The third-order valence-electron chi connectivity index (χ3n) is 3.76. The van der Waals surface area contributed by atoms with Crippen molar-refractivity contribution in [3.05, 3.63) is 66.0 Å². The van der Waals surface area contributed by atoms with Crippen LogP contribution in [0.15, 0.2) is 54.7 Å². The number of benzene rings is 1. The van der Waals surface area contributed by atoms with E-state index >= 15 is 0 Å². The molecular formula is C17H16N2O2. The van der Waals surface area contributed by atoms with E-state index in [2.05, 4.69) is 4.98 Å². The maximum Gasteiger partial charge on any atom is 0.237 e. The molecule has 2 heterocycles. The highest BCUT2D eigenvalue weighted by Gasteiger charge is 2.38. The number of aromatic nitrogens is 1. The predicted octanol–water partition coefficient (Wildman–Crippen LogP) is 2.17. The van der Waals surface area contributed by atoms with Crippen LogP contribution in [0.25, 0.3) is 0 Å². The molecule has 0 N–H and O–H groups in total. The summed E-state index contributed by atoms with van der Waals surface area (Å²) in [5.74, 6) is -0.519. The van der Waals surface area contributed by atoms with Crippen molar-refractivity contribution < 1.29 is 9.59 Å². The van der Waals surface area contributed by atoms with Gasteiger partial charge in [0.25, 0.3) is 0 Å².